The van der Waals surface area contributed by atoms with Crippen molar-refractivity contribution in [3.05, 3.63) is 23.3 Å². The van der Waals surface area contributed by atoms with Gasteiger partial charge in [-0.05, 0) is 56.2 Å². The van der Waals surface area contributed by atoms with Gasteiger partial charge in [0.05, 0.1) is 11.0 Å². The van der Waals surface area contributed by atoms with Gasteiger partial charge in [0.25, 0.3) is 0 Å². The average molecular weight is 414 g/mol. The monoisotopic (exact) mass is 413 g/mol. The number of piperidine rings is 1. The van der Waals surface area contributed by atoms with E-state index in [0.717, 1.165) is 43.0 Å². The molecule has 28 heavy (non-hydrogen) atoms. The third kappa shape index (κ3) is 2.28. The number of nitrogens with zero attached hydrogens (tertiary/aromatic N) is 1. The third-order valence-corrected chi connectivity index (χ3v) is 7.56. The number of carbonyl (C=O) groups excluding carboxylic acids is 1. The predicted octanol–water partition coefficient (Wildman–Crippen LogP) is 0.298. The topological polar surface area (TPSA) is 133 Å². The molecule has 6 rings (SSSR count). The van der Waals surface area contributed by atoms with Gasteiger partial charge in [0, 0.05) is 24.6 Å². The first-order valence-electron chi connectivity index (χ1n) is 9.56. The van der Waals surface area contributed by atoms with Crippen molar-refractivity contribution in [1.29, 1.82) is 0 Å². The number of Topliss-reactive ketones (excluding diaryl/α,β-unsaturated/α-hetero) is 1. The van der Waals surface area contributed by atoms with E-state index in [1.807, 2.05) is 6.07 Å². The molecule has 3 fully saturated rings. The van der Waals surface area contributed by atoms with Crippen LogP contribution in [0.15, 0.2) is 12.1 Å². The number of carbonyl (C=O) groups is 1. The lowest BCUT2D eigenvalue weighted by Gasteiger charge is -2.62. The summed E-state index contributed by atoms with van der Waals surface area (Å²) in [5.74, 6) is 1.39. The first kappa shape index (κ1) is 21.3. The van der Waals surface area contributed by atoms with Crippen molar-refractivity contribution in [1.82, 2.24) is 4.90 Å². The number of aliphatic hydroxyl groups is 1. The molecule has 2 heterocycles. The number of phenolic OH excluding ortho intramolecular Hbond substituents is 1. The van der Waals surface area contributed by atoms with Crippen molar-refractivity contribution in [2.24, 2.45) is 5.92 Å². The lowest BCUT2D eigenvalue weighted by Crippen LogP contribution is -2.76. The maximum Gasteiger partial charge on any atom is 0.174 e. The molecule has 156 valence electrons. The summed E-state index contributed by atoms with van der Waals surface area (Å²) < 4.78 is 6.04. The Bertz CT molecular complexity index is 814. The van der Waals surface area contributed by atoms with Gasteiger partial charge < -0.3 is 25.9 Å². The van der Waals surface area contributed by atoms with Crippen LogP contribution < -0.4 is 4.74 Å². The van der Waals surface area contributed by atoms with Gasteiger partial charge in [0.1, 0.15) is 0 Å². The van der Waals surface area contributed by atoms with Crippen LogP contribution >= 0.6 is 12.4 Å². The van der Waals surface area contributed by atoms with Gasteiger partial charge in [-0.1, -0.05) is 6.07 Å². The van der Waals surface area contributed by atoms with Crippen molar-refractivity contribution < 1.29 is 30.7 Å². The molecule has 2 saturated carbocycles. The molecule has 1 aromatic rings. The second-order valence-corrected chi connectivity index (χ2v) is 8.72. The van der Waals surface area contributed by atoms with Crippen LogP contribution in [0.1, 0.15) is 43.2 Å². The SMILES string of the molecule is Cl.O.O.O=C1CC[C@@]2(O)[C@H]3Cc4ccc(O)c5c4[C@@]2(CCN3CC2CC2)[C@H]1O5. The number of ether oxygens (including phenoxy) is 1. The quantitative estimate of drug-likeness (QED) is 0.719. The fourth-order valence-corrected chi connectivity index (χ4v) is 6.26. The van der Waals surface area contributed by atoms with Gasteiger partial charge in [0.2, 0.25) is 0 Å². The van der Waals surface area contributed by atoms with Crippen LogP contribution in [0.2, 0.25) is 0 Å². The fraction of sp³-hybridized carbons (Fsp3) is 0.650. The minimum Gasteiger partial charge on any atom is -0.504 e. The standard InChI is InChI=1S/C20H23NO4.ClH.2H2O/c22-13-4-3-12-9-15-20(24)6-5-14(23)18-19(20,16(12)17(13)25-18)7-8-21(15)10-11-1-2-11;;;/h3-4,11,15,18,22,24H,1-2,5-10H2;1H;2*1H2/t15-,18+,19+,20-;;;/m1.../s1. The number of aromatic hydroxyl groups is 1. The van der Waals surface area contributed by atoms with Crippen molar-refractivity contribution >= 4 is 18.2 Å². The van der Waals surface area contributed by atoms with E-state index >= 15 is 0 Å². The van der Waals surface area contributed by atoms with Gasteiger partial charge in [0.15, 0.2) is 23.4 Å². The zero-order chi connectivity index (χ0) is 17.0. The molecule has 6 N–H and O–H groups in total. The zero-order valence-electron chi connectivity index (χ0n) is 15.6. The highest BCUT2D eigenvalue weighted by molar-refractivity contribution is 5.90. The van der Waals surface area contributed by atoms with E-state index in [1.54, 1.807) is 6.07 Å². The molecule has 0 amide bonds. The van der Waals surface area contributed by atoms with Crippen LogP contribution in [0.3, 0.4) is 0 Å². The molecule has 1 aromatic carbocycles. The largest absolute Gasteiger partial charge is 0.504 e. The average Bonchev–Trinajstić information content (AvgIpc) is 3.32. The maximum atomic E-state index is 12.7. The van der Waals surface area contributed by atoms with Gasteiger partial charge in [-0.25, -0.2) is 0 Å². The van der Waals surface area contributed by atoms with E-state index in [4.69, 9.17) is 4.74 Å². The Labute approximate surface area is 169 Å². The number of hydrogen-bond acceptors (Lipinski definition) is 5. The van der Waals surface area contributed by atoms with E-state index in [9.17, 15) is 15.0 Å². The smallest absolute Gasteiger partial charge is 0.174 e. The Kier molecular flexibility index (Phi) is 5.00. The summed E-state index contributed by atoms with van der Waals surface area (Å²) in [4.78, 5) is 15.2. The molecule has 1 spiro atoms. The highest BCUT2D eigenvalue weighted by Crippen LogP contribution is 2.64. The number of halogens is 1. The molecular weight excluding hydrogens is 386 g/mol. The molecule has 7 nitrogen and oxygen atoms in total. The van der Waals surface area contributed by atoms with Crippen LogP contribution in [-0.4, -0.2) is 62.7 Å². The van der Waals surface area contributed by atoms with Crippen LogP contribution in [0, 0.1) is 5.92 Å². The second-order valence-electron chi connectivity index (χ2n) is 8.72. The lowest BCUT2D eigenvalue weighted by atomic mass is 9.49. The van der Waals surface area contributed by atoms with Gasteiger partial charge in [-0.15, -0.1) is 12.4 Å². The molecule has 1 saturated heterocycles. The highest BCUT2D eigenvalue weighted by Gasteiger charge is 2.73. The number of benzene rings is 1. The summed E-state index contributed by atoms with van der Waals surface area (Å²) >= 11 is 0. The Morgan fingerprint density at radius 3 is 2.68 bits per heavy atom. The number of phenols is 1. The summed E-state index contributed by atoms with van der Waals surface area (Å²) in [6.07, 6.45) is 4.33. The Morgan fingerprint density at radius 2 is 1.96 bits per heavy atom. The Hall–Kier alpha value is -1.38. The van der Waals surface area contributed by atoms with Crippen LogP contribution in [0.4, 0.5) is 0 Å². The van der Waals surface area contributed by atoms with E-state index in [1.165, 1.54) is 12.8 Å². The van der Waals surface area contributed by atoms with Crippen LogP contribution in [0.5, 0.6) is 11.5 Å². The van der Waals surface area contributed by atoms with Crippen molar-refractivity contribution in [2.45, 2.75) is 61.7 Å². The van der Waals surface area contributed by atoms with Crippen LogP contribution in [0.25, 0.3) is 0 Å². The molecule has 5 aliphatic rings. The van der Waals surface area contributed by atoms with Crippen molar-refractivity contribution in [2.75, 3.05) is 13.1 Å². The molecule has 8 heteroatoms. The number of hydrogen-bond donors (Lipinski definition) is 2. The van der Waals surface area contributed by atoms with Gasteiger partial charge >= 0.3 is 0 Å². The molecule has 0 radical (unpaired) electrons. The van der Waals surface area contributed by atoms with Crippen molar-refractivity contribution in [3.8, 4) is 11.5 Å². The number of ketones is 1. The van der Waals surface area contributed by atoms with Gasteiger partial charge in [-0.3, -0.25) is 9.69 Å². The van der Waals surface area contributed by atoms with Crippen molar-refractivity contribution in [3.63, 3.8) is 0 Å². The van der Waals surface area contributed by atoms with E-state index < -0.39 is 17.1 Å². The predicted molar refractivity (Wildman–Crippen MR) is 104 cm³/mol. The van der Waals surface area contributed by atoms with Crippen LogP contribution in [-0.2, 0) is 16.6 Å². The summed E-state index contributed by atoms with van der Waals surface area (Å²) in [5.41, 5.74) is 0.454. The van der Waals surface area contributed by atoms with E-state index in [0.29, 0.717) is 18.6 Å². The van der Waals surface area contributed by atoms with E-state index in [2.05, 4.69) is 4.90 Å². The normalized spacial score (nSPS) is 37.0. The summed E-state index contributed by atoms with van der Waals surface area (Å²) in [6.45, 7) is 1.95. The summed E-state index contributed by atoms with van der Waals surface area (Å²) in [6, 6.07) is 3.69. The first-order chi connectivity index (χ1) is 12.0. The first-order valence-corrected chi connectivity index (χ1v) is 9.56. The molecule has 4 atom stereocenters. The second kappa shape index (κ2) is 6.57. The summed E-state index contributed by atoms with van der Waals surface area (Å²) in [5, 5.41) is 22.3. The molecule has 2 aliphatic heterocycles. The zero-order valence-corrected chi connectivity index (χ0v) is 16.4. The third-order valence-electron chi connectivity index (χ3n) is 7.56. The van der Waals surface area contributed by atoms with Gasteiger partial charge in [-0.2, -0.15) is 0 Å². The number of rotatable bonds is 2. The molecule has 2 bridgehead atoms. The minimum absolute atomic E-state index is 0. The summed E-state index contributed by atoms with van der Waals surface area (Å²) in [7, 11) is 0. The molecule has 3 aliphatic carbocycles. The molecule has 0 aromatic heterocycles. The Morgan fingerprint density at radius 1 is 1.21 bits per heavy atom. The number of likely N-dealkylation sites (tertiary alicyclic amines) is 1. The van der Waals surface area contributed by atoms with E-state index in [-0.39, 0.29) is 40.9 Å². The fourth-order valence-electron chi connectivity index (χ4n) is 6.26. The highest BCUT2D eigenvalue weighted by atomic mass is 35.5. The minimum atomic E-state index is -0.940. The molecular formula is C20H28ClNO6. The molecule has 0 unspecified atom stereocenters. The lowest BCUT2D eigenvalue weighted by molar-refractivity contribution is -0.188. The maximum absolute atomic E-state index is 12.7. The Balaban J connectivity index is 0.000000750.